The summed E-state index contributed by atoms with van der Waals surface area (Å²) in [5.74, 6) is 1.56. The summed E-state index contributed by atoms with van der Waals surface area (Å²) in [4.78, 5) is 26.9. The van der Waals surface area contributed by atoms with Gasteiger partial charge in [-0.15, -0.1) is 0 Å². The van der Waals surface area contributed by atoms with Crippen molar-refractivity contribution < 1.29 is 19.1 Å². The van der Waals surface area contributed by atoms with Gasteiger partial charge in [-0.2, -0.15) is 0 Å². The maximum atomic E-state index is 12.5. The van der Waals surface area contributed by atoms with Crippen LogP contribution >= 0.6 is 0 Å². The molecule has 0 spiro atoms. The Bertz CT molecular complexity index is 725. The number of piperidine rings is 1. The molecule has 0 bridgehead atoms. The van der Waals surface area contributed by atoms with Crippen LogP contribution in [0, 0.1) is 5.92 Å². The number of nitrogens with one attached hydrogen (secondary N) is 1. The molecule has 3 rings (SSSR count). The molecule has 0 aromatic heterocycles. The standard InChI is InChI=1S/C22H26N2O4/c1-27-19-7-3-16(4-8-19)15-21(25)24-13-11-17(12-14-24)22(26)23-18-5-9-20(28-2)10-6-18/h3-10,17H,11-15H2,1-2H3,(H,23,26). The van der Waals surface area contributed by atoms with Crippen LogP contribution in [0.3, 0.4) is 0 Å². The smallest absolute Gasteiger partial charge is 0.227 e. The molecule has 1 aliphatic rings. The molecule has 2 amide bonds. The first kappa shape index (κ1) is 19.7. The third-order valence-corrected chi connectivity index (χ3v) is 5.09. The van der Waals surface area contributed by atoms with E-state index in [0.29, 0.717) is 32.4 Å². The summed E-state index contributed by atoms with van der Waals surface area (Å²) in [6.45, 7) is 1.21. The van der Waals surface area contributed by atoms with Crippen LogP contribution in [0.2, 0.25) is 0 Å². The first-order chi connectivity index (χ1) is 13.6. The van der Waals surface area contributed by atoms with Gasteiger partial charge in [0.05, 0.1) is 20.6 Å². The Hall–Kier alpha value is -3.02. The van der Waals surface area contributed by atoms with Crippen LogP contribution < -0.4 is 14.8 Å². The number of likely N-dealkylation sites (tertiary alicyclic amines) is 1. The topological polar surface area (TPSA) is 67.9 Å². The number of hydrogen-bond acceptors (Lipinski definition) is 4. The van der Waals surface area contributed by atoms with Crippen molar-refractivity contribution in [1.82, 2.24) is 4.90 Å². The lowest BCUT2D eigenvalue weighted by Crippen LogP contribution is -2.42. The Morgan fingerprint density at radius 1 is 0.929 bits per heavy atom. The predicted octanol–water partition coefficient (Wildman–Crippen LogP) is 3.12. The molecule has 148 valence electrons. The molecule has 1 fully saturated rings. The van der Waals surface area contributed by atoms with Crippen molar-refractivity contribution in [3.63, 3.8) is 0 Å². The van der Waals surface area contributed by atoms with Crippen LogP contribution in [0.5, 0.6) is 11.5 Å². The quantitative estimate of drug-likeness (QED) is 0.834. The molecule has 1 saturated heterocycles. The van der Waals surface area contributed by atoms with E-state index in [4.69, 9.17) is 9.47 Å². The fraction of sp³-hybridized carbons (Fsp3) is 0.364. The number of anilines is 1. The van der Waals surface area contributed by atoms with E-state index in [-0.39, 0.29) is 17.7 Å². The molecule has 6 heteroatoms. The molecule has 28 heavy (non-hydrogen) atoms. The lowest BCUT2D eigenvalue weighted by Gasteiger charge is -2.31. The van der Waals surface area contributed by atoms with Gasteiger partial charge in [0.2, 0.25) is 11.8 Å². The summed E-state index contributed by atoms with van der Waals surface area (Å²) >= 11 is 0. The summed E-state index contributed by atoms with van der Waals surface area (Å²) in [6.07, 6.45) is 1.72. The molecule has 0 saturated carbocycles. The molecule has 1 heterocycles. The van der Waals surface area contributed by atoms with Crippen molar-refractivity contribution in [2.75, 3.05) is 32.6 Å². The van der Waals surface area contributed by atoms with E-state index in [2.05, 4.69) is 5.32 Å². The Kier molecular flexibility index (Phi) is 6.53. The van der Waals surface area contributed by atoms with Crippen molar-refractivity contribution in [3.8, 4) is 11.5 Å². The molecule has 1 N–H and O–H groups in total. The fourth-order valence-corrected chi connectivity index (χ4v) is 3.34. The lowest BCUT2D eigenvalue weighted by molar-refractivity contribution is -0.133. The molecular formula is C22H26N2O4. The number of carbonyl (C=O) groups excluding carboxylic acids is 2. The van der Waals surface area contributed by atoms with Gasteiger partial charge in [-0.25, -0.2) is 0 Å². The zero-order valence-corrected chi connectivity index (χ0v) is 16.3. The Morgan fingerprint density at radius 3 is 2.00 bits per heavy atom. The number of amides is 2. The number of nitrogens with zero attached hydrogens (tertiary/aromatic N) is 1. The number of rotatable bonds is 6. The second-order valence-electron chi connectivity index (χ2n) is 6.90. The van der Waals surface area contributed by atoms with Gasteiger partial charge in [0, 0.05) is 24.7 Å². The van der Waals surface area contributed by atoms with Gasteiger partial charge in [0.1, 0.15) is 11.5 Å². The van der Waals surface area contributed by atoms with Gasteiger partial charge in [-0.1, -0.05) is 12.1 Å². The number of hydrogen-bond donors (Lipinski definition) is 1. The number of methoxy groups -OCH3 is 2. The predicted molar refractivity (Wildman–Crippen MR) is 108 cm³/mol. The lowest BCUT2D eigenvalue weighted by atomic mass is 9.95. The molecule has 2 aromatic rings. The molecule has 1 aliphatic heterocycles. The van der Waals surface area contributed by atoms with Crippen LogP contribution in [0.15, 0.2) is 48.5 Å². The first-order valence-corrected chi connectivity index (χ1v) is 9.44. The minimum Gasteiger partial charge on any atom is -0.497 e. The van der Waals surface area contributed by atoms with Crippen molar-refractivity contribution in [3.05, 3.63) is 54.1 Å². The van der Waals surface area contributed by atoms with Gasteiger partial charge in [-0.05, 0) is 54.8 Å². The molecule has 0 aliphatic carbocycles. The summed E-state index contributed by atoms with van der Waals surface area (Å²) < 4.78 is 10.3. The Balaban J connectivity index is 1.47. The monoisotopic (exact) mass is 382 g/mol. The average molecular weight is 382 g/mol. The maximum absolute atomic E-state index is 12.5. The second-order valence-corrected chi connectivity index (χ2v) is 6.90. The van der Waals surface area contributed by atoms with Gasteiger partial charge in [0.25, 0.3) is 0 Å². The van der Waals surface area contributed by atoms with Gasteiger partial charge < -0.3 is 19.7 Å². The van der Waals surface area contributed by atoms with Gasteiger partial charge >= 0.3 is 0 Å². The maximum Gasteiger partial charge on any atom is 0.227 e. The molecule has 6 nitrogen and oxygen atoms in total. The first-order valence-electron chi connectivity index (χ1n) is 9.44. The highest BCUT2D eigenvalue weighted by atomic mass is 16.5. The highest BCUT2D eigenvalue weighted by Gasteiger charge is 2.27. The van der Waals surface area contributed by atoms with Crippen LogP contribution in [0.1, 0.15) is 18.4 Å². The largest absolute Gasteiger partial charge is 0.497 e. The average Bonchev–Trinajstić information content (AvgIpc) is 2.75. The van der Waals surface area contributed by atoms with Crippen molar-refractivity contribution >= 4 is 17.5 Å². The number of benzene rings is 2. The van der Waals surface area contributed by atoms with Crippen molar-refractivity contribution in [2.24, 2.45) is 5.92 Å². The second kappa shape index (κ2) is 9.26. The number of ether oxygens (including phenoxy) is 2. The molecular weight excluding hydrogens is 356 g/mol. The zero-order valence-electron chi connectivity index (χ0n) is 16.3. The van der Waals surface area contributed by atoms with E-state index in [9.17, 15) is 9.59 Å². The summed E-state index contributed by atoms with van der Waals surface area (Å²) in [5, 5.41) is 2.95. The minimum atomic E-state index is -0.0767. The Labute approximate surface area is 165 Å². The van der Waals surface area contributed by atoms with Gasteiger partial charge in [0.15, 0.2) is 0 Å². The summed E-state index contributed by atoms with van der Waals surface area (Å²) in [7, 11) is 3.23. The van der Waals surface area contributed by atoms with Crippen LogP contribution in [-0.4, -0.2) is 44.0 Å². The van der Waals surface area contributed by atoms with Crippen LogP contribution in [0.4, 0.5) is 5.69 Å². The highest BCUT2D eigenvalue weighted by molar-refractivity contribution is 5.92. The normalized spacial score (nSPS) is 14.4. The fourth-order valence-electron chi connectivity index (χ4n) is 3.34. The van der Waals surface area contributed by atoms with Crippen LogP contribution in [-0.2, 0) is 16.0 Å². The highest BCUT2D eigenvalue weighted by Crippen LogP contribution is 2.22. The molecule has 0 atom stereocenters. The van der Waals surface area contributed by atoms with E-state index >= 15 is 0 Å². The SMILES string of the molecule is COc1ccc(CC(=O)N2CCC(C(=O)Nc3ccc(OC)cc3)CC2)cc1. The third-order valence-electron chi connectivity index (χ3n) is 5.09. The van der Waals surface area contributed by atoms with E-state index in [1.807, 2.05) is 53.4 Å². The third kappa shape index (κ3) is 5.03. The van der Waals surface area contributed by atoms with E-state index in [1.54, 1.807) is 14.2 Å². The molecule has 2 aromatic carbocycles. The van der Waals surface area contributed by atoms with Gasteiger partial charge in [-0.3, -0.25) is 9.59 Å². The Morgan fingerprint density at radius 2 is 1.46 bits per heavy atom. The molecule has 0 radical (unpaired) electrons. The van der Waals surface area contributed by atoms with E-state index < -0.39 is 0 Å². The minimum absolute atomic E-state index is 0.00687. The molecule has 0 unspecified atom stereocenters. The zero-order chi connectivity index (χ0) is 19.9. The number of carbonyl (C=O) groups is 2. The van der Waals surface area contributed by atoms with E-state index in [1.165, 1.54) is 0 Å². The summed E-state index contributed by atoms with van der Waals surface area (Å²) in [6, 6.07) is 14.8. The summed E-state index contributed by atoms with van der Waals surface area (Å²) in [5.41, 5.74) is 1.72. The van der Waals surface area contributed by atoms with Crippen molar-refractivity contribution in [1.29, 1.82) is 0 Å². The van der Waals surface area contributed by atoms with Crippen molar-refractivity contribution in [2.45, 2.75) is 19.3 Å². The van der Waals surface area contributed by atoms with E-state index in [0.717, 1.165) is 22.7 Å². The van der Waals surface area contributed by atoms with Crippen LogP contribution in [0.25, 0.3) is 0 Å².